The maximum Gasteiger partial charge on any atom is 0.410 e. The van der Waals surface area contributed by atoms with Gasteiger partial charge < -0.3 is 40.6 Å². The molecule has 0 aliphatic heterocycles. The molecule has 0 atom stereocenters. The topological polar surface area (TPSA) is 120 Å². The Balaban J connectivity index is 1.52. The van der Waals surface area contributed by atoms with Gasteiger partial charge >= 0.3 is 12.2 Å². The van der Waals surface area contributed by atoms with Crippen molar-refractivity contribution in [1.29, 1.82) is 0 Å². The van der Waals surface area contributed by atoms with E-state index >= 15 is 0 Å². The number of para-hydroxylation sites is 1. The van der Waals surface area contributed by atoms with Gasteiger partial charge in [0.15, 0.2) is 0 Å². The van der Waals surface area contributed by atoms with Gasteiger partial charge in [0.2, 0.25) is 0 Å². The number of amides is 2. The summed E-state index contributed by atoms with van der Waals surface area (Å²) >= 11 is 0. The number of benzene rings is 1. The maximum atomic E-state index is 12.8. The van der Waals surface area contributed by atoms with Crippen molar-refractivity contribution in [2.24, 2.45) is 0 Å². The van der Waals surface area contributed by atoms with Gasteiger partial charge in [-0.2, -0.15) is 0 Å². The summed E-state index contributed by atoms with van der Waals surface area (Å²) in [5.74, 6) is 0. The van der Waals surface area contributed by atoms with Crippen LogP contribution in [-0.2, 0) is 15.9 Å². The molecule has 43 heavy (non-hydrogen) atoms. The highest BCUT2D eigenvalue weighted by Gasteiger charge is 2.21. The third-order valence-electron chi connectivity index (χ3n) is 6.62. The third kappa shape index (κ3) is 17.2. The molecule has 0 spiro atoms. The predicted octanol–water partition coefficient (Wildman–Crippen LogP) is 5.19. The molecule has 5 N–H and O–H groups in total. The number of carbonyl (C=O) groups excluding carboxylic acids is 2. The summed E-state index contributed by atoms with van der Waals surface area (Å²) in [5.41, 5.74) is 1.53. The lowest BCUT2D eigenvalue weighted by atomic mass is 10.1. The fourth-order valence-corrected chi connectivity index (χ4v) is 4.57. The molecule has 0 fully saturated rings. The van der Waals surface area contributed by atoms with Crippen molar-refractivity contribution in [1.82, 2.24) is 31.2 Å². The molecule has 1 heterocycles. The second kappa shape index (κ2) is 19.5. The second-order valence-corrected chi connectivity index (χ2v) is 13.0. The van der Waals surface area contributed by atoms with E-state index in [1.54, 1.807) is 0 Å². The van der Waals surface area contributed by atoms with Crippen LogP contribution in [0.3, 0.4) is 0 Å². The maximum absolute atomic E-state index is 12.8. The van der Waals surface area contributed by atoms with E-state index in [9.17, 15) is 9.59 Å². The molecule has 0 aliphatic carbocycles. The molecule has 10 nitrogen and oxygen atoms in total. The molecule has 244 valence electrons. The molecule has 2 aromatic rings. The Bertz CT molecular complexity index is 1060. The molecular formula is C33H58N6O4. The number of hydrogen-bond donors (Lipinski definition) is 5. The number of carbonyl (C=O) groups is 2. The van der Waals surface area contributed by atoms with E-state index in [0.717, 1.165) is 77.8 Å². The van der Waals surface area contributed by atoms with Crippen molar-refractivity contribution < 1.29 is 19.1 Å². The van der Waals surface area contributed by atoms with Crippen LogP contribution in [0.1, 0.15) is 79.2 Å². The first kappa shape index (κ1) is 36.4. The Morgan fingerprint density at radius 2 is 1.28 bits per heavy atom. The largest absolute Gasteiger partial charge is 0.444 e. The minimum absolute atomic E-state index is 0.237. The van der Waals surface area contributed by atoms with E-state index in [1.165, 1.54) is 16.5 Å². The number of rotatable bonds is 20. The summed E-state index contributed by atoms with van der Waals surface area (Å²) in [6.45, 7) is 18.7. The van der Waals surface area contributed by atoms with E-state index in [2.05, 4.69) is 50.6 Å². The van der Waals surface area contributed by atoms with Gasteiger partial charge in [0, 0.05) is 36.7 Å². The number of ether oxygens (including phenoxy) is 2. The summed E-state index contributed by atoms with van der Waals surface area (Å²) in [6, 6.07) is 8.38. The number of aromatic amines is 1. The van der Waals surface area contributed by atoms with E-state index in [4.69, 9.17) is 9.47 Å². The van der Waals surface area contributed by atoms with E-state index in [0.29, 0.717) is 19.6 Å². The Kier molecular flexibility index (Phi) is 16.5. The lowest BCUT2D eigenvalue weighted by Crippen LogP contribution is -2.39. The third-order valence-corrected chi connectivity index (χ3v) is 6.62. The fraction of sp³-hybridized carbons (Fsp3) is 0.697. The Labute approximate surface area is 259 Å². The molecule has 2 rings (SSSR count). The molecule has 1 aromatic heterocycles. The van der Waals surface area contributed by atoms with Crippen LogP contribution in [0.2, 0.25) is 0 Å². The predicted molar refractivity (Wildman–Crippen MR) is 176 cm³/mol. The molecule has 10 heteroatoms. The van der Waals surface area contributed by atoms with Crippen LogP contribution in [0.4, 0.5) is 9.59 Å². The van der Waals surface area contributed by atoms with Crippen LogP contribution in [0.15, 0.2) is 30.5 Å². The quantitative estimate of drug-likeness (QED) is 0.132. The number of nitrogens with zero attached hydrogens (tertiary/aromatic N) is 1. The lowest BCUT2D eigenvalue weighted by molar-refractivity contribution is 0.0246. The first-order valence-corrected chi connectivity index (χ1v) is 16.1. The minimum Gasteiger partial charge on any atom is -0.444 e. The van der Waals surface area contributed by atoms with Crippen molar-refractivity contribution in [2.75, 3.05) is 58.9 Å². The summed E-state index contributed by atoms with van der Waals surface area (Å²) in [5, 5.41) is 14.5. The Morgan fingerprint density at radius 3 is 1.91 bits per heavy atom. The van der Waals surface area contributed by atoms with Crippen molar-refractivity contribution in [2.45, 2.75) is 91.3 Å². The van der Waals surface area contributed by atoms with Gasteiger partial charge in [-0.1, -0.05) is 18.2 Å². The molecule has 0 bridgehead atoms. The Hall–Kier alpha value is -2.82. The number of hydrogen-bond acceptors (Lipinski definition) is 7. The van der Waals surface area contributed by atoms with Gasteiger partial charge in [0.05, 0.1) is 0 Å². The fourth-order valence-electron chi connectivity index (χ4n) is 4.57. The molecule has 0 saturated carbocycles. The first-order valence-electron chi connectivity index (χ1n) is 16.1. The highest BCUT2D eigenvalue weighted by molar-refractivity contribution is 5.83. The second-order valence-electron chi connectivity index (χ2n) is 13.0. The molecular weight excluding hydrogens is 544 g/mol. The van der Waals surface area contributed by atoms with Crippen LogP contribution in [-0.4, -0.2) is 92.2 Å². The van der Waals surface area contributed by atoms with Gasteiger partial charge in [-0.05, 0) is 131 Å². The van der Waals surface area contributed by atoms with Crippen LogP contribution in [0.5, 0.6) is 0 Å². The van der Waals surface area contributed by atoms with Gasteiger partial charge in [-0.15, -0.1) is 0 Å². The number of H-pyrrole nitrogens is 1. The number of fused-ring (bicyclic) bond motifs is 1. The zero-order valence-corrected chi connectivity index (χ0v) is 27.6. The van der Waals surface area contributed by atoms with Gasteiger partial charge in [-0.25, -0.2) is 9.59 Å². The normalized spacial score (nSPS) is 12.0. The lowest BCUT2D eigenvalue weighted by Gasteiger charge is -2.27. The van der Waals surface area contributed by atoms with Gasteiger partial charge in [-0.3, -0.25) is 0 Å². The molecule has 1 aromatic carbocycles. The monoisotopic (exact) mass is 602 g/mol. The summed E-state index contributed by atoms with van der Waals surface area (Å²) < 4.78 is 10.9. The van der Waals surface area contributed by atoms with Crippen molar-refractivity contribution >= 4 is 23.1 Å². The number of nitrogens with one attached hydrogen (secondary N) is 5. The Morgan fingerprint density at radius 1 is 0.721 bits per heavy atom. The molecule has 0 aliphatic rings. The zero-order chi connectivity index (χ0) is 31.6. The van der Waals surface area contributed by atoms with Crippen LogP contribution < -0.4 is 21.3 Å². The number of unbranched alkanes of at least 4 members (excludes halogenated alkanes) is 1. The molecule has 0 radical (unpaired) electrons. The minimum atomic E-state index is -0.506. The van der Waals surface area contributed by atoms with Crippen LogP contribution >= 0.6 is 0 Å². The average molecular weight is 603 g/mol. The van der Waals surface area contributed by atoms with Gasteiger partial charge in [0.25, 0.3) is 0 Å². The highest BCUT2D eigenvalue weighted by Crippen LogP contribution is 2.17. The molecule has 2 amide bonds. The van der Waals surface area contributed by atoms with E-state index in [1.807, 2.05) is 52.5 Å². The van der Waals surface area contributed by atoms with Crippen molar-refractivity contribution in [3.05, 3.63) is 36.0 Å². The van der Waals surface area contributed by atoms with Gasteiger partial charge in [0.1, 0.15) is 11.2 Å². The van der Waals surface area contributed by atoms with E-state index in [-0.39, 0.29) is 12.2 Å². The molecule has 0 unspecified atom stereocenters. The van der Waals surface area contributed by atoms with E-state index < -0.39 is 11.2 Å². The zero-order valence-electron chi connectivity index (χ0n) is 27.6. The average Bonchev–Trinajstić information content (AvgIpc) is 3.33. The number of aromatic nitrogens is 1. The summed E-state index contributed by atoms with van der Waals surface area (Å²) in [7, 11) is 0. The number of alkyl carbamates (subject to hydrolysis) is 1. The van der Waals surface area contributed by atoms with Crippen molar-refractivity contribution in [3.8, 4) is 0 Å². The van der Waals surface area contributed by atoms with Crippen LogP contribution in [0, 0.1) is 0 Å². The smallest absolute Gasteiger partial charge is 0.410 e. The first-order chi connectivity index (χ1) is 20.4. The summed E-state index contributed by atoms with van der Waals surface area (Å²) in [4.78, 5) is 29.6. The standard InChI is InChI=1S/C33H58N6O4/c1-32(2,3)42-30(40)37-22-11-19-34-17-9-10-18-35-20-12-24-39(31(41)43-33(4,5)6)25-13-21-36-23-16-27-26-38-29-15-8-7-14-28(27)29/h7-8,14-15,26,34-36,38H,9-13,16-25H2,1-6H3,(H,37,40). The van der Waals surface area contributed by atoms with Crippen LogP contribution in [0.25, 0.3) is 10.9 Å². The van der Waals surface area contributed by atoms with Crippen molar-refractivity contribution in [3.63, 3.8) is 0 Å². The summed E-state index contributed by atoms with van der Waals surface area (Å²) in [6.07, 6.45) is 7.27. The SMILES string of the molecule is CC(C)(C)OC(=O)NCCCNCCCCNCCCN(CCCNCCc1c[nH]c2ccccc12)C(=O)OC(C)(C)C. The molecule has 0 saturated heterocycles. The highest BCUT2D eigenvalue weighted by atomic mass is 16.6.